The summed E-state index contributed by atoms with van der Waals surface area (Å²) in [5, 5.41) is 3.54. The third-order valence-electron chi connectivity index (χ3n) is 3.44. The second-order valence-electron chi connectivity index (χ2n) is 4.80. The number of aryl methyl sites for hydroxylation is 1. The lowest BCUT2D eigenvalue weighted by Gasteiger charge is -2.15. The molecule has 0 saturated carbocycles. The number of fused-ring (bicyclic) bond motifs is 1. The molecule has 1 aromatic heterocycles. The normalized spacial score (nSPS) is 12.6. The van der Waals surface area contributed by atoms with Gasteiger partial charge in [0.25, 0.3) is 0 Å². The van der Waals surface area contributed by atoms with Crippen molar-refractivity contribution in [2.75, 3.05) is 7.11 Å². The highest BCUT2D eigenvalue weighted by atomic mass is 79.9. The van der Waals surface area contributed by atoms with E-state index >= 15 is 0 Å². The summed E-state index contributed by atoms with van der Waals surface area (Å²) in [4.78, 5) is 0.147. The van der Waals surface area contributed by atoms with E-state index in [4.69, 9.17) is 4.74 Å². The van der Waals surface area contributed by atoms with Crippen molar-refractivity contribution in [3.63, 3.8) is 0 Å². The van der Waals surface area contributed by atoms with E-state index in [1.165, 1.54) is 26.8 Å². The maximum atomic E-state index is 5.50. The standard InChI is InChI=1S/C17H15BrOS/c1-11-7-8-15(19-2)13(9-11)17(18)14-10-20-16-6-4-3-5-12(14)16/h3-10,17H,1-2H3. The van der Waals surface area contributed by atoms with Gasteiger partial charge in [0.05, 0.1) is 11.9 Å². The summed E-state index contributed by atoms with van der Waals surface area (Å²) in [6, 6.07) is 14.8. The second-order valence-corrected chi connectivity index (χ2v) is 6.62. The maximum absolute atomic E-state index is 5.50. The maximum Gasteiger partial charge on any atom is 0.123 e. The number of thiophene rings is 1. The Morgan fingerprint density at radius 3 is 2.70 bits per heavy atom. The predicted molar refractivity (Wildman–Crippen MR) is 90.3 cm³/mol. The average Bonchev–Trinajstić information content (AvgIpc) is 2.90. The van der Waals surface area contributed by atoms with Gasteiger partial charge >= 0.3 is 0 Å². The van der Waals surface area contributed by atoms with Crippen LogP contribution in [0.3, 0.4) is 0 Å². The van der Waals surface area contributed by atoms with Gasteiger partial charge in [0, 0.05) is 10.3 Å². The van der Waals surface area contributed by atoms with Crippen LogP contribution in [0.4, 0.5) is 0 Å². The number of ether oxygens (including phenoxy) is 1. The van der Waals surface area contributed by atoms with Gasteiger partial charge in [0.1, 0.15) is 5.75 Å². The Balaban J connectivity index is 2.13. The fourth-order valence-corrected chi connectivity index (χ4v) is 4.31. The molecule has 3 heteroatoms. The second kappa shape index (κ2) is 5.58. The molecule has 0 aliphatic carbocycles. The summed E-state index contributed by atoms with van der Waals surface area (Å²) in [6.45, 7) is 2.11. The minimum atomic E-state index is 0.147. The molecule has 0 N–H and O–H groups in total. The molecule has 0 aliphatic rings. The molecule has 1 heterocycles. The third-order valence-corrected chi connectivity index (χ3v) is 5.41. The average molecular weight is 347 g/mol. The van der Waals surface area contributed by atoms with E-state index in [-0.39, 0.29) is 4.83 Å². The Bertz CT molecular complexity index is 748. The summed E-state index contributed by atoms with van der Waals surface area (Å²) in [6.07, 6.45) is 0. The molecule has 2 aromatic carbocycles. The molecule has 102 valence electrons. The smallest absolute Gasteiger partial charge is 0.123 e. The monoisotopic (exact) mass is 346 g/mol. The molecule has 3 aromatic rings. The van der Waals surface area contributed by atoms with E-state index in [0.717, 1.165) is 5.75 Å². The number of alkyl halides is 1. The van der Waals surface area contributed by atoms with E-state index in [1.54, 1.807) is 18.4 Å². The number of halogens is 1. The van der Waals surface area contributed by atoms with Crippen LogP contribution < -0.4 is 4.74 Å². The Labute approximate surface area is 131 Å². The first-order chi connectivity index (χ1) is 9.70. The van der Waals surface area contributed by atoms with Gasteiger partial charge in [0.2, 0.25) is 0 Å². The highest BCUT2D eigenvalue weighted by molar-refractivity contribution is 9.09. The van der Waals surface area contributed by atoms with E-state index in [1.807, 2.05) is 6.07 Å². The first-order valence-electron chi connectivity index (χ1n) is 6.45. The number of hydrogen-bond donors (Lipinski definition) is 0. The summed E-state index contributed by atoms with van der Waals surface area (Å²) in [5.74, 6) is 0.924. The topological polar surface area (TPSA) is 9.23 Å². The van der Waals surface area contributed by atoms with Crippen molar-refractivity contribution in [2.24, 2.45) is 0 Å². The molecule has 0 radical (unpaired) electrons. The molecule has 0 bridgehead atoms. The van der Waals surface area contributed by atoms with Crippen LogP contribution in [0.25, 0.3) is 10.1 Å². The highest BCUT2D eigenvalue weighted by Gasteiger charge is 2.18. The highest BCUT2D eigenvalue weighted by Crippen LogP contribution is 2.42. The van der Waals surface area contributed by atoms with Gasteiger partial charge in [-0.05, 0) is 35.4 Å². The van der Waals surface area contributed by atoms with Crippen molar-refractivity contribution >= 4 is 37.4 Å². The molecule has 1 unspecified atom stereocenters. The Hall–Kier alpha value is -1.32. The van der Waals surface area contributed by atoms with E-state index in [9.17, 15) is 0 Å². The van der Waals surface area contributed by atoms with Crippen LogP contribution in [0.15, 0.2) is 47.8 Å². The molecular weight excluding hydrogens is 332 g/mol. The molecular formula is C17H15BrOS. The quantitative estimate of drug-likeness (QED) is 0.552. The summed E-state index contributed by atoms with van der Waals surface area (Å²) in [5.41, 5.74) is 3.72. The molecule has 0 saturated heterocycles. The number of hydrogen-bond acceptors (Lipinski definition) is 2. The lowest BCUT2D eigenvalue weighted by molar-refractivity contribution is 0.410. The van der Waals surface area contributed by atoms with Crippen LogP contribution in [0.5, 0.6) is 5.75 Å². The van der Waals surface area contributed by atoms with Crippen LogP contribution in [0.2, 0.25) is 0 Å². The number of methoxy groups -OCH3 is 1. The molecule has 3 rings (SSSR count). The molecule has 0 fully saturated rings. The fourth-order valence-electron chi connectivity index (χ4n) is 2.41. The van der Waals surface area contributed by atoms with Gasteiger partial charge in [-0.2, -0.15) is 0 Å². The van der Waals surface area contributed by atoms with Crippen LogP contribution in [0, 0.1) is 6.92 Å². The first kappa shape index (κ1) is 13.7. The van der Waals surface area contributed by atoms with Gasteiger partial charge < -0.3 is 4.74 Å². The Morgan fingerprint density at radius 2 is 1.90 bits per heavy atom. The Morgan fingerprint density at radius 1 is 1.10 bits per heavy atom. The molecule has 0 aliphatic heterocycles. The van der Waals surface area contributed by atoms with E-state index in [2.05, 4.69) is 64.6 Å². The number of rotatable bonds is 3. The summed E-state index contributed by atoms with van der Waals surface area (Å²) >= 11 is 5.63. The molecule has 1 atom stereocenters. The molecule has 1 nitrogen and oxygen atoms in total. The van der Waals surface area contributed by atoms with Gasteiger partial charge in [-0.15, -0.1) is 11.3 Å². The van der Waals surface area contributed by atoms with Crippen molar-refractivity contribution in [1.29, 1.82) is 0 Å². The van der Waals surface area contributed by atoms with Crippen molar-refractivity contribution in [3.05, 3.63) is 64.5 Å². The lowest BCUT2D eigenvalue weighted by Crippen LogP contribution is -1.97. The minimum Gasteiger partial charge on any atom is -0.496 e. The summed E-state index contributed by atoms with van der Waals surface area (Å²) < 4.78 is 6.82. The lowest BCUT2D eigenvalue weighted by atomic mass is 10.0. The van der Waals surface area contributed by atoms with Crippen molar-refractivity contribution < 1.29 is 4.74 Å². The van der Waals surface area contributed by atoms with Gasteiger partial charge in [-0.25, -0.2) is 0 Å². The number of benzene rings is 2. The largest absolute Gasteiger partial charge is 0.496 e. The SMILES string of the molecule is COc1ccc(C)cc1C(Br)c1csc2ccccc12. The van der Waals surface area contributed by atoms with Crippen LogP contribution >= 0.6 is 27.3 Å². The summed E-state index contributed by atoms with van der Waals surface area (Å²) in [7, 11) is 1.72. The molecule has 0 spiro atoms. The third kappa shape index (κ3) is 2.36. The van der Waals surface area contributed by atoms with Gasteiger partial charge in [0.15, 0.2) is 0 Å². The van der Waals surface area contributed by atoms with E-state index in [0.29, 0.717) is 0 Å². The zero-order chi connectivity index (χ0) is 14.1. The zero-order valence-corrected chi connectivity index (χ0v) is 13.8. The van der Waals surface area contributed by atoms with Crippen LogP contribution in [-0.4, -0.2) is 7.11 Å². The fraction of sp³-hybridized carbons (Fsp3) is 0.176. The van der Waals surface area contributed by atoms with Crippen molar-refractivity contribution in [1.82, 2.24) is 0 Å². The zero-order valence-electron chi connectivity index (χ0n) is 11.4. The predicted octanol–water partition coefficient (Wildman–Crippen LogP) is 5.70. The Kier molecular flexibility index (Phi) is 3.81. The molecule has 0 amide bonds. The first-order valence-corrected chi connectivity index (χ1v) is 8.25. The van der Waals surface area contributed by atoms with Crippen LogP contribution in [-0.2, 0) is 0 Å². The van der Waals surface area contributed by atoms with E-state index < -0.39 is 0 Å². The molecule has 20 heavy (non-hydrogen) atoms. The minimum absolute atomic E-state index is 0.147. The van der Waals surface area contributed by atoms with Crippen molar-refractivity contribution in [2.45, 2.75) is 11.8 Å². The van der Waals surface area contributed by atoms with Crippen molar-refractivity contribution in [3.8, 4) is 5.75 Å². The van der Waals surface area contributed by atoms with Crippen LogP contribution in [0.1, 0.15) is 21.5 Å². The van der Waals surface area contributed by atoms with Gasteiger partial charge in [-0.3, -0.25) is 0 Å². The van der Waals surface area contributed by atoms with Gasteiger partial charge in [-0.1, -0.05) is 51.8 Å².